The number of aromatic nitrogens is 2. The molecule has 4 aromatic rings. The molecule has 0 saturated carbocycles. The Labute approximate surface area is 442 Å². The summed E-state index contributed by atoms with van der Waals surface area (Å²) in [6, 6.07) is 21.3. The van der Waals surface area contributed by atoms with E-state index >= 15 is 0 Å². The van der Waals surface area contributed by atoms with E-state index in [0.29, 0.717) is 36.5 Å². The Kier molecular flexibility index (Phi) is 17.2. The average Bonchev–Trinajstić information content (AvgIpc) is 3.64. The number of pyridine rings is 2. The number of hydrogen-bond donors (Lipinski definition) is 1. The molecule has 378 valence electrons. The Hall–Kier alpha value is -4.28. The molecule has 4 saturated heterocycles. The van der Waals surface area contributed by atoms with Gasteiger partial charge in [0.05, 0.1) is 28.5 Å². The fraction of sp³-hybridized carbons (Fsp3) is 0.527. The number of thiocarbonyl (C=S) groups is 2. The Morgan fingerprint density at radius 1 is 0.592 bits per heavy atom. The molecule has 4 fully saturated rings. The number of benzene rings is 2. The quantitative estimate of drug-likeness (QED) is 0.182. The molecule has 2 unspecified atom stereocenters. The first kappa shape index (κ1) is 51.6. The van der Waals surface area contributed by atoms with Crippen molar-refractivity contribution in [3.63, 3.8) is 0 Å². The molecule has 0 spiro atoms. The highest BCUT2D eigenvalue weighted by molar-refractivity contribution is 7.80. The molecule has 4 aliphatic heterocycles. The number of likely N-dealkylation sites (tertiary alicyclic amines) is 1. The van der Waals surface area contributed by atoms with Crippen molar-refractivity contribution in [2.24, 2.45) is 11.8 Å². The summed E-state index contributed by atoms with van der Waals surface area (Å²) in [7, 11) is 3.99. The third-order valence-electron chi connectivity index (χ3n) is 15.7. The van der Waals surface area contributed by atoms with Crippen molar-refractivity contribution in [2.75, 3.05) is 92.6 Å². The van der Waals surface area contributed by atoms with Gasteiger partial charge in [-0.15, -0.1) is 0 Å². The van der Waals surface area contributed by atoms with Crippen molar-refractivity contribution >= 4 is 69.6 Å². The molecular formula is C55H70Cl2N10O2S2. The minimum absolute atomic E-state index is 0.109. The summed E-state index contributed by atoms with van der Waals surface area (Å²) in [5.41, 5.74) is 13.4. The molecule has 0 bridgehead atoms. The summed E-state index contributed by atoms with van der Waals surface area (Å²) < 4.78 is 0. The van der Waals surface area contributed by atoms with Crippen molar-refractivity contribution in [1.82, 2.24) is 49.8 Å². The average molecular weight is 1040 g/mol. The summed E-state index contributed by atoms with van der Waals surface area (Å²) in [5, 5.41) is 4.65. The first-order valence-corrected chi connectivity index (χ1v) is 27.4. The molecule has 2 aliphatic carbocycles. The van der Waals surface area contributed by atoms with Gasteiger partial charge in [0.1, 0.15) is 0 Å². The number of amides is 2. The highest BCUT2D eigenvalue weighted by Gasteiger charge is 2.36. The molecule has 0 radical (unpaired) electrons. The van der Waals surface area contributed by atoms with Gasteiger partial charge < -0.3 is 25.0 Å². The SMILES string of the molecule is CC(=S)NN1CCC(CC(=O)N2CCN(C3c4ccc(Cl)cc4CCc4cccnc43)CC2)CC1.CN(C)C(=S)N1CCC(CC(=O)N2CCN(C3c4ccc(Cl)cc4CCc4cccnc43)CC2)CC1. The number of nitrogens with zero attached hydrogens (tertiary/aromatic N) is 9. The van der Waals surface area contributed by atoms with Crippen molar-refractivity contribution in [1.29, 1.82) is 0 Å². The van der Waals surface area contributed by atoms with Crippen molar-refractivity contribution in [3.8, 4) is 0 Å². The first-order valence-electron chi connectivity index (χ1n) is 25.8. The molecule has 2 aromatic carbocycles. The van der Waals surface area contributed by atoms with E-state index < -0.39 is 0 Å². The molecule has 2 atom stereocenters. The van der Waals surface area contributed by atoms with Crippen LogP contribution < -0.4 is 5.43 Å². The third-order valence-corrected chi connectivity index (χ3v) is 16.9. The number of piperazine rings is 2. The summed E-state index contributed by atoms with van der Waals surface area (Å²) in [5.74, 6) is 1.51. The van der Waals surface area contributed by atoms with Crippen LogP contribution in [-0.2, 0) is 35.3 Å². The van der Waals surface area contributed by atoms with Crippen molar-refractivity contribution in [3.05, 3.63) is 128 Å². The lowest BCUT2D eigenvalue weighted by atomic mass is 9.93. The van der Waals surface area contributed by atoms with Crippen LogP contribution in [0.15, 0.2) is 73.1 Å². The number of fused-ring (bicyclic) bond motifs is 4. The fourth-order valence-electron chi connectivity index (χ4n) is 11.8. The highest BCUT2D eigenvalue weighted by atomic mass is 35.5. The maximum atomic E-state index is 13.2. The summed E-state index contributed by atoms with van der Waals surface area (Å²) in [6.07, 6.45) is 13.1. The number of hydrogen-bond acceptors (Lipinski definition) is 9. The predicted octanol–water partition coefficient (Wildman–Crippen LogP) is 8.04. The molecule has 71 heavy (non-hydrogen) atoms. The van der Waals surface area contributed by atoms with Crippen molar-refractivity contribution in [2.45, 2.75) is 83.2 Å². The number of aryl methyl sites for hydroxylation is 4. The van der Waals surface area contributed by atoms with Gasteiger partial charge in [-0.2, -0.15) is 0 Å². The van der Waals surface area contributed by atoms with E-state index in [-0.39, 0.29) is 12.1 Å². The summed E-state index contributed by atoms with van der Waals surface area (Å²) >= 11 is 23.4. The second-order valence-electron chi connectivity index (χ2n) is 20.5. The van der Waals surface area contributed by atoms with Gasteiger partial charge in [0.25, 0.3) is 0 Å². The van der Waals surface area contributed by atoms with Crippen LogP contribution in [0.5, 0.6) is 0 Å². The fourth-order valence-corrected chi connectivity index (χ4v) is 12.5. The van der Waals surface area contributed by atoms with Crippen LogP contribution in [0.2, 0.25) is 10.0 Å². The van der Waals surface area contributed by atoms with E-state index in [0.717, 1.165) is 161 Å². The van der Waals surface area contributed by atoms with Gasteiger partial charge in [0, 0.05) is 128 Å². The Morgan fingerprint density at radius 2 is 1.01 bits per heavy atom. The minimum atomic E-state index is 0.109. The lowest BCUT2D eigenvalue weighted by molar-refractivity contribution is -0.135. The second kappa shape index (κ2) is 23.7. The minimum Gasteiger partial charge on any atom is -0.355 e. The van der Waals surface area contributed by atoms with E-state index in [9.17, 15) is 9.59 Å². The maximum absolute atomic E-state index is 13.2. The van der Waals surface area contributed by atoms with Crippen LogP contribution in [0.4, 0.5) is 0 Å². The molecule has 16 heteroatoms. The van der Waals surface area contributed by atoms with Gasteiger partial charge in [-0.1, -0.05) is 59.7 Å². The Balaban J connectivity index is 0.000000176. The van der Waals surface area contributed by atoms with E-state index in [2.05, 4.69) is 71.3 Å². The van der Waals surface area contributed by atoms with Crippen LogP contribution in [0.3, 0.4) is 0 Å². The lowest BCUT2D eigenvalue weighted by Crippen LogP contribution is -2.51. The monoisotopic (exact) mass is 1040 g/mol. The Bertz CT molecular complexity index is 2530. The second-order valence-corrected chi connectivity index (χ2v) is 22.4. The number of piperidine rings is 2. The largest absolute Gasteiger partial charge is 0.355 e. The van der Waals surface area contributed by atoms with E-state index in [1.54, 1.807) is 0 Å². The smallest absolute Gasteiger partial charge is 0.222 e. The number of rotatable bonds is 7. The molecule has 2 aromatic heterocycles. The third kappa shape index (κ3) is 12.6. The zero-order valence-corrected chi connectivity index (χ0v) is 44.9. The van der Waals surface area contributed by atoms with Crippen LogP contribution in [0.1, 0.15) is 102 Å². The van der Waals surface area contributed by atoms with Gasteiger partial charge >= 0.3 is 0 Å². The summed E-state index contributed by atoms with van der Waals surface area (Å²) in [6.45, 7) is 12.2. The van der Waals surface area contributed by atoms with E-state index in [1.807, 2.05) is 62.6 Å². The molecular weight excluding hydrogens is 968 g/mol. The zero-order valence-electron chi connectivity index (χ0n) is 41.7. The topological polar surface area (TPSA) is 94.6 Å². The van der Waals surface area contributed by atoms with Crippen molar-refractivity contribution < 1.29 is 9.59 Å². The summed E-state index contributed by atoms with van der Waals surface area (Å²) in [4.78, 5) is 50.2. The molecule has 2 amide bonds. The molecule has 6 heterocycles. The Morgan fingerprint density at radius 3 is 1.44 bits per heavy atom. The number of carbonyl (C=O) groups excluding carboxylic acids is 2. The lowest BCUT2D eigenvalue weighted by Gasteiger charge is -2.40. The number of carbonyl (C=O) groups is 2. The van der Waals surface area contributed by atoms with Gasteiger partial charge in [0.2, 0.25) is 11.8 Å². The highest BCUT2D eigenvalue weighted by Crippen LogP contribution is 2.39. The van der Waals surface area contributed by atoms with E-state index in [4.69, 9.17) is 57.6 Å². The normalized spacial score (nSPS) is 21.3. The van der Waals surface area contributed by atoms with Gasteiger partial charge in [-0.3, -0.25) is 29.4 Å². The first-order chi connectivity index (χ1) is 34.4. The zero-order chi connectivity index (χ0) is 49.6. The van der Waals surface area contributed by atoms with E-state index in [1.165, 1.54) is 33.4 Å². The van der Waals surface area contributed by atoms with Crippen LogP contribution in [0.25, 0.3) is 0 Å². The number of nitrogens with one attached hydrogen (secondary N) is 1. The van der Waals surface area contributed by atoms with Gasteiger partial charge in [0.15, 0.2) is 5.11 Å². The maximum Gasteiger partial charge on any atom is 0.222 e. The van der Waals surface area contributed by atoms with Crippen LogP contribution in [-0.4, -0.2) is 159 Å². The van der Waals surface area contributed by atoms with Crippen LogP contribution in [0, 0.1) is 11.8 Å². The number of halogens is 2. The van der Waals surface area contributed by atoms with Gasteiger partial charge in [-0.25, -0.2) is 5.01 Å². The standard InChI is InChI=1S/C28H36ClN5OS.C27H34ClN5OS/c1-31(2)28(36)34-12-9-20(10-13-34)18-25(35)32-14-16-33(17-15-32)27-24-8-7-23(29)19-22(24)6-5-21-4-3-11-30-26(21)27;1-19(35)30-33-11-8-20(9-12-33)17-25(34)31-13-15-32(16-14-31)27-24-7-6-23(28)18-22(24)5-4-21-3-2-10-29-26(21)27/h3-4,7-8,11,19-20,27H,5-6,9-10,12-18H2,1-2H3;2-3,6-7,10,18,20,27H,4-5,8-9,11-17H2,1H3,(H,30,35). The van der Waals surface area contributed by atoms with Gasteiger partial charge in [-0.05, 0) is 152 Å². The molecule has 10 rings (SSSR count). The number of hydrazine groups is 1. The van der Waals surface area contributed by atoms with Crippen LogP contribution >= 0.6 is 47.6 Å². The molecule has 6 aliphatic rings. The molecule has 12 nitrogen and oxygen atoms in total. The molecule has 1 N–H and O–H groups in total. The predicted molar refractivity (Wildman–Crippen MR) is 292 cm³/mol.